The molecular weight excluding hydrogens is 240 g/mol. The number of hydrogen-bond acceptors (Lipinski definition) is 3. The van der Waals surface area contributed by atoms with Crippen molar-refractivity contribution in [2.45, 2.75) is 45.4 Å². The third kappa shape index (κ3) is 2.42. The zero-order valence-electron chi connectivity index (χ0n) is 11.8. The van der Waals surface area contributed by atoms with E-state index < -0.39 is 0 Å². The molecule has 2 fully saturated rings. The molecule has 0 bridgehead atoms. The van der Waals surface area contributed by atoms with Gasteiger partial charge in [-0.05, 0) is 18.8 Å². The SMILES string of the molecule is CC1OC2COC(c3ccccc3)OC2[C@H](C)[C@@H]1C. The van der Waals surface area contributed by atoms with Gasteiger partial charge in [-0.2, -0.15) is 0 Å². The first-order chi connectivity index (χ1) is 9.16. The highest BCUT2D eigenvalue weighted by atomic mass is 16.7. The molecule has 3 nitrogen and oxygen atoms in total. The first-order valence-corrected chi connectivity index (χ1v) is 7.14. The van der Waals surface area contributed by atoms with Crippen molar-refractivity contribution in [2.24, 2.45) is 11.8 Å². The first kappa shape index (κ1) is 13.1. The molecule has 0 aliphatic carbocycles. The Morgan fingerprint density at radius 2 is 1.68 bits per heavy atom. The van der Waals surface area contributed by atoms with Gasteiger partial charge in [-0.25, -0.2) is 0 Å². The van der Waals surface area contributed by atoms with Crippen LogP contribution < -0.4 is 0 Å². The minimum atomic E-state index is -0.255. The highest BCUT2D eigenvalue weighted by molar-refractivity contribution is 5.16. The molecule has 4 unspecified atom stereocenters. The van der Waals surface area contributed by atoms with Gasteiger partial charge in [-0.15, -0.1) is 0 Å². The Balaban J connectivity index is 1.75. The predicted octanol–water partition coefficient (Wildman–Crippen LogP) is 3.16. The number of hydrogen-bond donors (Lipinski definition) is 0. The molecule has 0 radical (unpaired) electrons. The molecule has 0 spiro atoms. The number of rotatable bonds is 1. The summed E-state index contributed by atoms with van der Waals surface area (Å²) in [4.78, 5) is 0. The minimum absolute atomic E-state index is 0.0705. The van der Waals surface area contributed by atoms with Crippen LogP contribution in [0.1, 0.15) is 32.6 Å². The fourth-order valence-electron chi connectivity index (χ4n) is 3.04. The fourth-order valence-corrected chi connectivity index (χ4v) is 3.04. The Kier molecular flexibility index (Phi) is 3.61. The summed E-state index contributed by atoms with van der Waals surface area (Å²) in [6.07, 6.45) is 0.220. The van der Waals surface area contributed by atoms with Crippen LogP contribution in [0.15, 0.2) is 30.3 Å². The van der Waals surface area contributed by atoms with Gasteiger partial charge in [-0.3, -0.25) is 0 Å². The number of benzene rings is 1. The van der Waals surface area contributed by atoms with Gasteiger partial charge in [0.25, 0.3) is 0 Å². The van der Waals surface area contributed by atoms with Gasteiger partial charge in [-0.1, -0.05) is 44.2 Å². The molecule has 1 aromatic rings. The van der Waals surface area contributed by atoms with Crippen molar-refractivity contribution >= 4 is 0 Å². The molecule has 0 N–H and O–H groups in total. The standard InChI is InChI=1S/C16H22O3/c1-10-11(2)15-14(18-12(10)3)9-17-16(19-15)13-7-5-4-6-8-13/h4-8,10-12,14-16H,9H2,1-3H3/t10-,11+,12?,14?,15?,16?/m0/s1. The maximum absolute atomic E-state index is 6.16. The van der Waals surface area contributed by atoms with Crippen molar-refractivity contribution < 1.29 is 14.2 Å². The van der Waals surface area contributed by atoms with Crippen molar-refractivity contribution in [2.75, 3.05) is 6.61 Å². The smallest absolute Gasteiger partial charge is 0.184 e. The second kappa shape index (κ2) is 5.23. The van der Waals surface area contributed by atoms with Gasteiger partial charge in [0.2, 0.25) is 0 Å². The maximum atomic E-state index is 6.16. The molecule has 6 atom stereocenters. The lowest BCUT2D eigenvalue weighted by atomic mass is 9.81. The minimum Gasteiger partial charge on any atom is -0.370 e. The van der Waals surface area contributed by atoms with Crippen molar-refractivity contribution in [1.82, 2.24) is 0 Å². The Labute approximate surface area is 114 Å². The van der Waals surface area contributed by atoms with Crippen LogP contribution in [0, 0.1) is 11.8 Å². The topological polar surface area (TPSA) is 27.7 Å². The lowest BCUT2D eigenvalue weighted by Gasteiger charge is -2.47. The Bertz CT molecular complexity index is 417. The van der Waals surface area contributed by atoms with E-state index in [0.29, 0.717) is 18.4 Å². The highest BCUT2D eigenvalue weighted by Crippen LogP contribution is 2.38. The average molecular weight is 262 g/mol. The second-order valence-corrected chi connectivity index (χ2v) is 5.77. The molecule has 2 heterocycles. The summed E-state index contributed by atoms with van der Waals surface area (Å²) in [5.41, 5.74) is 1.08. The highest BCUT2D eigenvalue weighted by Gasteiger charge is 2.44. The van der Waals surface area contributed by atoms with Crippen LogP contribution in [-0.2, 0) is 14.2 Å². The van der Waals surface area contributed by atoms with E-state index in [-0.39, 0.29) is 24.6 Å². The number of fused-ring (bicyclic) bond motifs is 1. The van der Waals surface area contributed by atoms with E-state index in [2.05, 4.69) is 20.8 Å². The molecule has 1 aromatic carbocycles. The van der Waals surface area contributed by atoms with Crippen LogP contribution >= 0.6 is 0 Å². The normalized spacial score (nSPS) is 42.7. The lowest BCUT2D eigenvalue weighted by Crippen LogP contribution is -2.54. The summed E-state index contributed by atoms with van der Waals surface area (Å²) in [5.74, 6) is 1.000. The Hall–Kier alpha value is -0.900. The monoisotopic (exact) mass is 262 g/mol. The van der Waals surface area contributed by atoms with E-state index in [1.807, 2.05) is 30.3 Å². The molecule has 2 saturated heterocycles. The Morgan fingerprint density at radius 3 is 2.42 bits per heavy atom. The van der Waals surface area contributed by atoms with Crippen LogP contribution in [0.2, 0.25) is 0 Å². The summed E-state index contributed by atoms with van der Waals surface area (Å²) in [7, 11) is 0. The van der Waals surface area contributed by atoms with E-state index in [4.69, 9.17) is 14.2 Å². The molecule has 0 amide bonds. The molecule has 104 valence electrons. The summed E-state index contributed by atoms with van der Waals surface area (Å²) in [5, 5.41) is 0. The third-order valence-corrected chi connectivity index (χ3v) is 4.61. The van der Waals surface area contributed by atoms with E-state index in [0.717, 1.165) is 5.56 Å². The summed E-state index contributed by atoms with van der Waals surface area (Å²) in [6, 6.07) is 10.1. The third-order valence-electron chi connectivity index (χ3n) is 4.61. The first-order valence-electron chi connectivity index (χ1n) is 7.14. The predicted molar refractivity (Wildman–Crippen MR) is 72.7 cm³/mol. The average Bonchev–Trinajstić information content (AvgIpc) is 2.46. The van der Waals surface area contributed by atoms with Crippen LogP contribution in [0.3, 0.4) is 0 Å². The summed E-state index contributed by atoms with van der Waals surface area (Å²) >= 11 is 0. The van der Waals surface area contributed by atoms with Crippen LogP contribution in [0.25, 0.3) is 0 Å². The quantitative estimate of drug-likeness (QED) is 0.778. The van der Waals surface area contributed by atoms with E-state index in [9.17, 15) is 0 Å². The molecule has 3 rings (SSSR count). The van der Waals surface area contributed by atoms with E-state index in [1.54, 1.807) is 0 Å². The van der Waals surface area contributed by atoms with Gasteiger partial charge in [0.1, 0.15) is 6.10 Å². The molecule has 0 saturated carbocycles. The van der Waals surface area contributed by atoms with Gasteiger partial charge in [0, 0.05) is 5.56 Å². The number of ether oxygens (including phenoxy) is 3. The van der Waals surface area contributed by atoms with E-state index in [1.165, 1.54) is 0 Å². The van der Waals surface area contributed by atoms with Gasteiger partial charge in [0.15, 0.2) is 6.29 Å². The molecule has 3 heteroatoms. The van der Waals surface area contributed by atoms with Crippen LogP contribution in [-0.4, -0.2) is 24.9 Å². The second-order valence-electron chi connectivity index (χ2n) is 5.77. The van der Waals surface area contributed by atoms with Crippen LogP contribution in [0.4, 0.5) is 0 Å². The summed E-state index contributed by atoms with van der Waals surface area (Å²) < 4.78 is 18.0. The maximum Gasteiger partial charge on any atom is 0.184 e. The van der Waals surface area contributed by atoms with Crippen LogP contribution in [0.5, 0.6) is 0 Å². The molecular formula is C16H22O3. The van der Waals surface area contributed by atoms with Crippen molar-refractivity contribution in [3.05, 3.63) is 35.9 Å². The molecule has 2 aliphatic heterocycles. The van der Waals surface area contributed by atoms with Crippen molar-refractivity contribution in [3.8, 4) is 0 Å². The largest absolute Gasteiger partial charge is 0.370 e. The van der Waals surface area contributed by atoms with Crippen molar-refractivity contribution in [1.29, 1.82) is 0 Å². The van der Waals surface area contributed by atoms with Crippen molar-refractivity contribution in [3.63, 3.8) is 0 Å². The lowest BCUT2D eigenvalue weighted by molar-refractivity contribution is -0.308. The van der Waals surface area contributed by atoms with E-state index >= 15 is 0 Å². The zero-order valence-corrected chi connectivity index (χ0v) is 11.8. The molecule has 0 aromatic heterocycles. The van der Waals surface area contributed by atoms with Gasteiger partial charge >= 0.3 is 0 Å². The zero-order chi connectivity index (χ0) is 13.4. The van der Waals surface area contributed by atoms with Gasteiger partial charge in [0.05, 0.1) is 18.8 Å². The van der Waals surface area contributed by atoms with Gasteiger partial charge < -0.3 is 14.2 Å². The molecule has 19 heavy (non-hydrogen) atoms. The Morgan fingerprint density at radius 1 is 0.947 bits per heavy atom. The molecule has 2 aliphatic rings. The fraction of sp³-hybridized carbons (Fsp3) is 0.625. The summed E-state index contributed by atoms with van der Waals surface area (Å²) in [6.45, 7) is 7.25.